The molecular weight excluding hydrogens is 261 g/mol. The van der Waals surface area contributed by atoms with Crippen molar-refractivity contribution in [2.75, 3.05) is 11.9 Å². The van der Waals surface area contributed by atoms with Crippen molar-refractivity contribution in [1.29, 1.82) is 0 Å². The van der Waals surface area contributed by atoms with E-state index < -0.39 is 0 Å². The van der Waals surface area contributed by atoms with Crippen LogP contribution in [0.15, 0.2) is 18.3 Å². The van der Waals surface area contributed by atoms with Gasteiger partial charge in [0.15, 0.2) is 0 Å². The number of pyridine rings is 1. The molecule has 0 bridgehead atoms. The minimum atomic E-state index is -0.0292. The third-order valence-electron chi connectivity index (χ3n) is 2.54. The van der Waals surface area contributed by atoms with Gasteiger partial charge in [0.1, 0.15) is 0 Å². The maximum Gasteiger partial charge on any atom is 0.241 e. The number of carbonyl (C=O) groups is 1. The van der Waals surface area contributed by atoms with Crippen molar-refractivity contribution in [1.82, 2.24) is 10.3 Å². The Bertz CT molecular complexity index is 367. The monoisotopic (exact) mass is 277 g/mol. The minimum absolute atomic E-state index is 0. The van der Waals surface area contributed by atoms with E-state index >= 15 is 0 Å². The first-order chi connectivity index (χ1) is 7.25. The van der Waals surface area contributed by atoms with Crippen molar-refractivity contribution in [3.63, 3.8) is 0 Å². The van der Waals surface area contributed by atoms with Gasteiger partial charge >= 0.3 is 0 Å². The Kier molecular flexibility index (Phi) is 7.11. The Balaban J connectivity index is 0.00000128. The highest BCUT2D eigenvalue weighted by atomic mass is 35.5. The predicted molar refractivity (Wildman–Crippen MR) is 73.1 cm³/mol. The molecule has 1 aliphatic rings. The predicted octanol–water partition coefficient (Wildman–Crippen LogP) is 1.92. The van der Waals surface area contributed by atoms with Crippen LogP contribution in [0.2, 0.25) is 0 Å². The van der Waals surface area contributed by atoms with Gasteiger partial charge in [-0.2, -0.15) is 0 Å². The van der Waals surface area contributed by atoms with E-state index in [9.17, 15) is 4.79 Å². The van der Waals surface area contributed by atoms with Gasteiger partial charge in [-0.05, 0) is 38.4 Å². The Morgan fingerprint density at radius 3 is 2.88 bits per heavy atom. The summed E-state index contributed by atoms with van der Waals surface area (Å²) in [4.78, 5) is 15.8. The standard InChI is InChI=1S/C11H15N3O.2ClH/c1-8-7-9(4-6-12-8)14-11(15)10-3-2-5-13-10;;/h4,6-7,10,13H,2-3,5H2,1H3,(H,12,14,15);2*1H/t10-;;/m0../s1. The number of aryl methyl sites for hydroxylation is 1. The summed E-state index contributed by atoms with van der Waals surface area (Å²) in [5, 5.41) is 6.05. The third kappa shape index (κ3) is 4.50. The molecule has 0 aliphatic carbocycles. The largest absolute Gasteiger partial charge is 0.325 e. The average molecular weight is 278 g/mol. The molecule has 1 fully saturated rings. The summed E-state index contributed by atoms with van der Waals surface area (Å²) >= 11 is 0. The summed E-state index contributed by atoms with van der Waals surface area (Å²) in [6.07, 6.45) is 3.70. The topological polar surface area (TPSA) is 54.0 Å². The summed E-state index contributed by atoms with van der Waals surface area (Å²) in [7, 11) is 0. The second-order valence-corrected chi connectivity index (χ2v) is 3.82. The number of rotatable bonds is 2. The van der Waals surface area contributed by atoms with E-state index in [1.165, 1.54) is 0 Å². The van der Waals surface area contributed by atoms with E-state index in [0.29, 0.717) is 0 Å². The summed E-state index contributed by atoms with van der Waals surface area (Å²) in [5.41, 5.74) is 1.73. The molecule has 1 amide bonds. The maximum absolute atomic E-state index is 11.7. The molecule has 2 rings (SSSR count). The Labute approximate surface area is 113 Å². The Morgan fingerprint density at radius 2 is 2.29 bits per heavy atom. The molecule has 2 heterocycles. The van der Waals surface area contributed by atoms with Gasteiger partial charge in [0.25, 0.3) is 0 Å². The lowest BCUT2D eigenvalue weighted by Crippen LogP contribution is -2.35. The lowest BCUT2D eigenvalue weighted by Gasteiger charge is -2.10. The number of aromatic nitrogens is 1. The van der Waals surface area contributed by atoms with Gasteiger partial charge < -0.3 is 10.6 Å². The summed E-state index contributed by atoms with van der Waals surface area (Å²) in [5.74, 6) is 0.0538. The normalized spacial score (nSPS) is 17.8. The van der Waals surface area contributed by atoms with Gasteiger partial charge in [0.05, 0.1) is 6.04 Å². The van der Waals surface area contributed by atoms with Gasteiger partial charge in [-0.15, -0.1) is 24.8 Å². The second kappa shape index (κ2) is 7.48. The van der Waals surface area contributed by atoms with Gasteiger partial charge in [-0.25, -0.2) is 0 Å². The molecule has 6 heteroatoms. The number of carbonyl (C=O) groups excluding carboxylic acids is 1. The van der Waals surface area contributed by atoms with E-state index in [1.54, 1.807) is 12.3 Å². The van der Waals surface area contributed by atoms with E-state index in [4.69, 9.17) is 0 Å². The number of nitrogens with zero attached hydrogens (tertiary/aromatic N) is 1. The third-order valence-corrected chi connectivity index (χ3v) is 2.54. The van der Waals surface area contributed by atoms with Gasteiger partial charge in [-0.1, -0.05) is 0 Å². The summed E-state index contributed by atoms with van der Waals surface area (Å²) in [6.45, 7) is 2.84. The fourth-order valence-electron chi connectivity index (χ4n) is 1.76. The second-order valence-electron chi connectivity index (χ2n) is 3.82. The van der Waals surface area contributed by atoms with Crippen LogP contribution >= 0.6 is 24.8 Å². The lowest BCUT2D eigenvalue weighted by molar-refractivity contribution is -0.117. The van der Waals surface area contributed by atoms with Crippen LogP contribution in [0.5, 0.6) is 0 Å². The van der Waals surface area contributed by atoms with Crippen LogP contribution in [0, 0.1) is 6.92 Å². The van der Waals surface area contributed by atoms with Gasteiger partial charge in [0, 0.05) is 17.6 Å². The van der Waals surface area contributed by atoms with Crippen LogP contribution in [0.1, 0.15) is 18.5 Å². The molecule has 0 unspecified atom stereocenters. The van der Waals surface area contributed by atoms with E-state index in [2.05, 4.69) is 15.6 Å². The minimum Gasteiger partial charge on any atom is -0.325 e. The first kappa shape index (κ1) is 16.2. The van der Waals surface area contributed by atoms with Gasteiger partial charge in [-0.3, -0.25) is 9.78 Å². The molecule has 2 N–H and O–H groups in total. The van der Waals surface area contributed by atoms with Gasteiger partial charge in [0.2, 0.25) is 5.91 Å². The highest BCUT2D eigenvalue weighted by molar-refractivity contribution is 5.94. The van der Waals surface area contributed by atoms with Crippen LogP contribution in [0.4, 0.5) is 5.69 Å². The van der Waals surface area contributed by atoms with Crippen LogP contribution in [0.3, 0.4) is 0 Å². The van der Waals surface area contributed by atoms with Crippen molar-refractivity contribution in [3.05, 3.63) is 24.0 Å². The molecule has 1 saturated heterocycles. The van der Waals surface area contributed by atoms with E-state index in [1.807, 2.05) is 13.0 Å². The molecule has 0 aromatic carbocycles. The zero-order valence-electron chi connectivity index (χ0n) is 9.60. The van der Waals surface area contributed by atoms with E-state index in [-0.39, 0.29) is 36.8 Å². The molecule has 4 nitrogen and oxygen atoms in total. The highest BCUT2D eigenvalue weighted by Crippen LogP contribution is 2.11. The Hall–Kier alpha value is -0.840. The first-order valence-corrected chi connectivity index (χ1v) is 5.22. The number of anilines is 1. The van der Waals surface area contributed by atoms with Crippen LogP contribution in [0.25, 0.3) is 0 Å². The molecular formula is C11H17Cl2N3O. The Morgan fingerprint density at radius 1 is 1.53 bits per heavy atom. The number of halogens is 2. The van der Waals surface area contributed by atoms with Crippen molar-refractivity contribution >= 4 is 36.4 Å². The SMILES string of the molecule is Cc1cc(NC(=O)[C@@H]2CCCN2)ccn1.Cl.Cl. The lowest BCUT2D eigenvalue weighted by atomic mass is 10.2. The molecule has 1 aromatic rings. The van der Waals surface area contributed by atoms with Crippen LogP contribution in [-0.4, -0.2) is 23.5 Å². The maximum atomic E-state index is 11.7. The zero-order valence-corrected chi connectivity index (χ0v) is 11.2. The van der Waals surface area contributed by atoms with Crippen molar-refractivity contribution in [3.8, 4) is 0 Å². The number of hydrogen-bond donors (Lipinski definition) is 2. The molecule has 0 saturated carbocycles. The summed E-state index contributed by atoms with van der Waals surface area (Å²) < 4.78 is 0. The summed E-state index contributed by atoms with van der Waals surface area (Å²) in [6, 6.07) is 3.64. The molecule has 17 heavy (non-hydrogen) atoms. The fraction of sp³-hybridized carbons (Fsp3) is 0.455. The van der Waals surface area contributed by atoms with Crippen molar-refractivity contribution in [2.24, 2.45) is 0 Å². The molecule has 1 aromatic heterocycles. The molecule has 0 spiro atoms. The molecule has 1 aliphatic heterocycles. The van der Waals surface area contributed by atoms with Crippen LogP contribution in [-0.2, 0) is 4.79 Å². The van der Waals surface area contributed by atoms with Crippen LogP contribution < -0.4 is 10.6 Å². The zero-order chi connectivity index (χ0) is 10.7. The highest BCUT2D eigenvalue weighted by Gasteiger charge is 2.21. The first-order valence-electron chi connectivity index (χ1n) is 5.22. The fourth-order valence-corrected chi connectivity index (χ4v) is 1.76. The number of amides is 1. The van der Waals surface area contributed by atoms with Crippen molar-refractivity contribution in [2.45, 2.75) is 25.8 Å². The van der Waals surface area contributed by atoms with Crippen molar-refractivity contribution < 1.29 is 4.79 Å². The average Bonchev–Trinajstić information content (AvgIpc) is 2.70. The quantitative estimate of drug-likeness (QED) is 0.869. The molecule has 0 radical (unpaired) electrons. The number of nitrogens with one attached hydrogen (secondary N) is 2. The molecule has 1 atom stereocenters. The molecule has 96 valence electrons. The number of hydrogen-bond acceptors (Lipinski definition) is 3. The van der Waals surface area contributed by atoms with E-state index in [0.717, 1.165) is 30.8 Å². The smallest absolute Gasteiger partial charge is 0.241 e.